The lowest BCUT2D eigenvalue weighted by atomic mass is 9.84. The largest absolute Gasteiger partial charge is 0.496 e. The van der Waals surface area contributed by atoms with Crippen LogP contribution in [-0.2, 0) is 13.0 Å². The Morgan fingerprint density at radius 3 is 2.55 bits per heavy atom. The van der Waals surface area contributed by atoms with Crippen LogP contribution in [-0.4, -0.2) is 37.4 Å². The van der Waals surface area contributed by atoms with Crippen LogP contribution in [0.2, 0.25) is 0 Å². The summed E-state index contributed by atoms with van der Waals surface area (Å²) in [5.74, 6) is 0.776. The van der Waals surface area contributed by atoms with E-state index in [1.165, 1.54) is 0 Å². The minimum absolute atomic E-state index is 0.0920. The lowest BCUT2D eigenvalue weighted by molar-refractivity contribution is 0.104. The maximum Gasteiger partial charge on any atom is 0.187 e. The van der Waals surface area contributed by atoms with Crippen molar-refractivity contribution in [1.82, 2.24) is 10.2 Å². The summed E-state index contributed by atoms with van der Waals surface area (Å²) in [6.07, 6.45) is 2.50. The Morgan fingerprint density at radius 2 is 1.97 bits per heavy atom. The zero-order valence-corrected chi connectivity index (χ0v) is 17.7. The van der Waals surface area contributed by atoms with E-state index >= 15 is 0 Å². The van der Waals surface area contributed by atoms with E-state index in [1.807, 2.05) is 14.1 Å². The van der Waals surface area contributed by atoms with Crippen molar-refractivity contribution in [2.45, 2.75) is 32.4 Å². The molecule has 5 nitrogen and oxygen atoms in total. The average molecular weight is 389 g/mol. The molecule has 0 saturated heterocycles. The summed E-state index contributed by atoms with van der Waals surface area (Å²) in [4.78, 5) is 15.0. The summed E-state index contributed by atoms with van der Waals surface area (Å²) in [7, 11) is 5.73. The molecule has 0 unspecified atom stereocenters. The van der Waals surface area contributed by atoms with Crippen LogP contribution in [0.1, 0.15) is 46.5 Å². The molecule has 3 rings (SSSR count). The van der Waals surface area contributed by atoms with Gasteiger partial charge in [-0.15, -0.1) is 0 Å². The first-order valence-electron chi connectivity index (χ1n) is 9.61. The highest BCUT2D eigenvalue weighted by molar-refractivity contribution is 6.08. The molecule has 0 aliphatic carbocycles. The van der Waals surface area contributed by atoms with Crippen LogP contribution < -0.4 is 10.1 Å². The minimum atomic E-state index is -0.183. The zero-order valence-electron chi connectivity index (χ0n) is 17.7. The number of hydrogen-bond acceptors (Lipinski definition) is 5. The molecule has 2 aromatic carbocycles. The van der Waals surface area contributed by atoms with Crippen molar-refractivity contribution in [3.05, 3.63) is 70.3 Å². The van der Waals surface area contributed by atoms with Gasteiger partial charge in [-0.05, 0) is 76.3 Å². The molecule has 150 valence electrons. The Bertz CT molecular complexity index is 996. The number of nitrogens with zero attached hydrogens (tertiary/aromatic N) is 2. The molecule has 29 heavy (non-hydrogen) atoms. The first-order valence-corrected chi connectivity index (χ1v) is 9.61. The van der Waals surface area contributed by atoms with Crippen molar-refractivity contribution in [2.75, 3.05) is 21.2 Å². The number of fused-ring (bicyclic) bond motifs is 1. The Hall–Kier alpha value is -3.10. The van der Waals surface area contributed by atoms with Gasteiger partial charge in [0, 0.05) is 40.5 Å². The molecule has 0 spiro atoms. The van der Waals surface area contributed by atoms with Gasteiger partial charge < -0.3 is 15.0 Å². The van der Waals surface area contributed by atoms with Crippen LogP contribution in [0.5, 0.6) is 5.75 Å². The molecule has 1 aliphatic rings. The van der Waals surface area contributed by atoms with Crippen molar-refractivity contribution in [3.63, 3.8) is 0 Å². The molecular weight excluding hydrogens is 362 g/mol. The molecule has 0 fully saturated rings. The van der Waals surface area contributed by atoms with Crippen molar-refractivity contribution in [2.24, 2.45) is 0 Å². The lowest BCUT2D eigenvalue weighted by Crippen LogP contribution is -2.44. The number of methoxy groups -OCH3 is 1. The van der Waals surface area contributed by atoms with Crippen molar-refractivity contribution >= 4 is 11.5 Å². The second-order valence-corrected chi connectivity index (χ2v) is 8.36. The number of carbonyl (C=O) groups is 1. The molecule has 1 aliphatic heterocycles. The highest BCUT2D eigenvalue weighted by Gasteiger charge is 2.29. The van der Waals surface area contributed by atoms with E-state index < -0.39 is 0 Å². The van der Waals surface area contributed by atoms with Gasteiger partial charge in [-0.1, -0.05) is 0 Å². The number of allylic oxidation sites excluding steroid dienone is 1. The highest BCUT2D eigenvalue weighted by atomic mass is 16.5. The van der Waals surface area contributed by atoms with Crippen LogP contribution in [0, 0.1) is 11.3 Å². The fourth-order valence-corrected chi connectivity index (χ4v) is 3.71. The topological polar surface area (TPSA) is 65.4 Å². The second kappa shape index (κ2) is 8.10. The Kier molecular flexibility index (Phi) is 5.76. The second-order valence-electron chi connectivity index (χ2n) is 8.36. The summed E-state index contributed by atoms with van der Waals surface area (Å²) in [5, 5.41) is 12.5. The molecule has 0 bridgehead atoms. The Labute approximate surface area is 172 Å². The van der Waals surface area contributed by atoms with Gasteiger partial charge >= 0.3 is 0 Å². The van der Waals surface area contributed by atoms with Crippen LogP contribution in [0.25, 0.3) is 5.70 Å². The van der Waals surface area contributed by atoms with E-state index in [1.54, 1.807) is 37.5 Å². The van der Waals surface area contributed by atoms with Gasteiger partial charge in [-0.3, -0.25) is 4.79 Å². The molecule has 0 aromatic heterocycles. The SMILES string of the molecule is COc1cc2c(cc1CN(C)C)/C(=C/C(=O)c1ccc(C#N)cc1)NC(C)(C)C2. The maximum absolute atomic E-state index is 12.9. The molecular formula is C24H27N3O2. The molecule has 0 radical (unpaired) electrons. The monoisotopic (exact) mass is 389 g/mol. The van der Waals surface area contributed by atoms with Gasteiger partial charge in [0.2, 0.25) is 0 Å². The van der Waals surface area contributed by atoms with Gasteiger partial charge in [0.1, 0.15) is 5.75 Å². The normalized spacial score (nSPS) is 16.1. The molecule has 0 saturated carbocycles. The van der Waals surface area contributed by atoms with Crippen molar-refractivity contribution < 1.29 is 9.53 Å². The quantitative estimate of drug-likeness (QED) is 0.623. The van der Waals surface area contributed by atoms with Crippen LogP contribution in [0.15, 0.2) is 42.5 Å². The van der Waals surface area contributed by atoms with Gasteiger partial charge in [0.25, 0.3) is 0 Å². The maximum atomic E-state index is 12.9. The summed E-state index contributed by atoms with van der Waals surface area (Å²) in [5.41, 5.74) is 5.00. The predicted molar refractivity (Wildman–Crippen MR) is 115 cm³/mol. The number of benzene rings is 2. The number of nitrogens with one attached hydrogen (secondary N) is 1. The lowest BCUT2D eigenvalue weighted by Gasteiger charge is -2.36. The fourth-order valence-electron chi connectivity index (χ4n) is 3.71. The number of rotatable bonds is 5. The van der Waals surface area contributed by atoms with Crippen LogP contribution >= 0.6 is 0 Å². The first-order chi connectivity index (χ1) is 13.7. The van der Waals surface area contributed by atoms with Gasteiger partial charge in [-0.2, -0.15) is 5.26 Å². The molecule has 0 atom stereocenters. The van der Waals surface area contributed by atoms with Crippen LogP contribution in [0.3, 0.4) is 0 Å². The van der Waals surface area contributed by atoms with Crippen molar-refractivity contribution in [1.29, 1.82) is 5.26 Å². The Balaban J connectivity index is 2.06. The summed E-state index contributed by atoms with van der Waals surface area (Å²) in [6, 6.07) is 13.0. The average Bonchev–Trinajstić information content (AvgIpc) is 2.67. The molecule has 2 aromatic rings. The third kappa shape index (κ3) is 4.67. The van der Waals surface area contributed by atoms with E-state index in [4.69, 9.17) is 10.00 Å². The summed E-state index contributed by atoms with van der Waals surface area (Å²) < 4.78 is 5.63. The van der Waals surface area contributed by atoms with E-state index in [0.717, 1.165) is 41.1 Å². The Morgan fingerprint density at radius 1 is 1.28 bits per heavy atom. The molecule has 1 heterocycles. The zero-order chi connectivity index (χ0) is 21.2. The number of carbonyl (C=O) groups excluding carboxylic acids is 1. The number of ketones is 1. The van der Waals surface area contributed by atoms with E-state index in [2.05, 4.69) is 42.3 Å². The van der Waals surface area contributed by atoms with Crippen molar-refractivity contribution in [3.8, 4) is 11.8 Å². The smallest absolute Gasteiger partial charge is 0.187 e. The molecule has 0 amide bonds. The van der Waals surface area contributed by atoms with E-state index in [9.17, 15) is 4.79 Å². The number of hydrogen-bond donors (Lipinski definition) is 1. The third-order valence-corrected chi connectivity index (χ3v) is 4.96. The van der Waals surface area contributed by atoms with Gasteiger partial charge in [-0.25, -0.2) is 0 Å². The molecule has 5 heteroatoms. The third-order valence-electron chi connectivity index (χ3n) is 4.96. The number of ether oxygens (including phenoxy) is 1. The number of nitriles is 1. The fraction of sp³-hybridized carbons (Fsp3) is 0.333. The van der Waals surface area contributed by atoms with Crippen LogP contribution in [0.4, 0.5) is 0 Å². The summed E-state index contributed by atoms with van der Waals surface area (Å²) in [6.45, 7) is 4.99. The van der Waals surface area contributed by atoms with Gasteiger partial charge in [0.05, 0.1) is 18.7 Å². The minimum Gasteiger partial charge on any atom is -0.496 e. The highest BCUT2D eigenvalue weighted by Crippen LogP contribution is 2.35. The van der Waals surface area contributed by atoms with E-state index in [-0.39, 0.29) is 11.3 Å². The van der Waals surface area contributed by atoms with Gasteiger partial charge in [0.15, 0.2) is 5.78 Å². The van der Waals surface area contributed by atoms with E-state index in [0.29, 0.717) is 11.1 Å². The molecule has 1 N–H and O–H groups in total. The predicted octanol–water partition coefficient (Wildman–Crippen LogP) is 3.78. The summed E-state index contributed by atoms with van der Waals surface area (Å²) >= 11 is 0. The first kappa shape index (κ1) is 20.6. The standard InChI is InChI=1S/C24H27N3O2/c1-24(2)13-18-11-23(29-5)19(15-27(3)4)10-20(18)21(26-24)12-22(28)17-8-6-16(14-25)7-9-17/h6-12,26H,13,15H2,1-5H3/b21-12-.